The van der Waals surface area contributed by atoms with Crippen LogP contribution in [0, 0.1) is 0 Å². The molecule has 104 valence electrons. The topological polar surface area (TPSA) is 97.1 Å². The van der Waals surface area contributed by atoms with E-state index in [9.17, 15) is 9.59 Å². The zero-order valence-electron chi connectivity index (χ0n) is 11.1. The maximum Gasteiger partial charge on any atom is 0.253 e. The first kappa shape index (κ1) is 15.2. The summed E-state index contributed by atoms with van der Waals surface area (Å²) in [5.74, 6) is -0.745. The average Bonchev–Trinajstić information content (AvgIpc) is 2.27. The third-order valence-electron chi connectivity index (χ3n) is 2.07. The molecular formula is C12H17ClN4O2. The number of halogens is 1. The fraction of sp³-hybridized carbons (Fsp3) is 0.417. The zero-order chi connectivity index (χ0) is 14.6. The molecule has 0 spiro atoms. The van der Waals surface area contributed by atoms with Crippen molar-refractivity contribution in [2.45, 2.75) is 26.3 Å². The summed E-state index contributed by atoms with van der Waals surface area (Å²) >= 11 is 5.68. The first-order chi connectivity index (χ1) is 8.69. The molecule has 0 unspecified atom stereocenters. The fourth-order valence-electron chi connectivity index (χ4n) is 1.36. The lowest BCUT2D eigenvalue weighted by atomic mass is 10.1. The van der Waals surface area contributed by atoms with Crippen molar-refractivity contribution in [3.05, 3.63) is 23.0 Å². The van der Waals surface area contributed by atoms with Gasteiger partial charge < -0.3 is 16.4 Å². The first-order valence-electron chi connectivity index (χ1n) is 5.69. The van der Waals surface area contributed by atoms with E-state index in [1.807, 2.05) is 20.8 Å². The smallest absolute Gasteiger partial charge is 0.253 e. The summed E-state index contributed by atoms with van der Waals surface area (Å²) in [6.07, 6.45) is 1.30. The number of amides is 2. The van der Waals surface area contributed by atoms with Crippen LogP contribution in [0.5, 0.6) is 0 Å². The van der Waals surface area contributed by atoms with Crippen LogP contribution in [0.4, 0.5) is 5.69 Å². The molecule has 0 radical (unpaired) electrons. The summed E-state index contributed by atoms with van der Waals surface area (Å²) < 4.78 is 0. The second-order valence-electron chi connectivity index (χ2n) is 5.08. The van der Waals surface area contributed by atoms with E-state index in [0.717, 1.165) is 0 Å². The second kappa shape index (κ2) is 5.88. The van der Waals surface area contributed by atoms with Crippen LogP contribution in [0.1, 0.15) is 31.1 Å². The zero-order valence-corrected chi connectivity index (χ0v) is 11.8. The maximum absolute atomic E-state index is 11.8. The minimum atomic E-state index is -0.467. The fourth-order valence-corrected chi connectivity index (χ4v) is 1.51. The van der Waals surface area contributed by atoms with Gasteiger partial charge in [-0.15, -0.1) is 0 Å². The van der Waals surface area contributed by atoms with E-state index in [1.54, 1.807) is 0 Å². The Kier molecular flexibility index (Phi) is 4.72. The van der Waals surface area contributed by atoms with Crippen LogP contribution in [0.15, 0.2) is 12.3 Å². The van der Waals surface area contributed by atoms with E-state index in [1.165, 1.54) is 12.3 Å². The van der Waals surface area contributed by atoms with Gasteiger partial charge >= 0.3 is 0 Å². The molecule has 0 aliphatic heterocycles. The van der Waals surface area contributed by atoms with Crippen molar-refractivity contribution in [2.75, 3.05) is 12.3 Å². The number of anilines is 1. The number of carbonyl (C=O) groups excluding carboxylic acids is 2. The monoisotopic (exact) mass is 284 g/mol. The van der Waals surface area contributed by atoms with Crippen molar-refractivity contribution in [1.82, 2.24) is 15.6 Å². The van der Waals surface area contributed by atoms with Crippen molar-refractivity contribution in [3.8, 4) is 0 Å². The van der Waals surface area contributed by atoms with Crippen LogP contribution < -0.4 is 16.4 Å². The van der Waals surface area contributed by atoms with Crippen LogP contribution in [0.25, 0.3) is 0 Å². The minimum absolute atomic E-state index is 0.129. The van der Waals surface area contributed by atoms with Crippen LogP contribution in [0.3, 0.4) is 0 Å². The Morgan fingerprint density at radius 2 is 2.05 bits per heavy atom. The summed E-state index contributed by atoms with van der Waals surface area (Å²) in [6, 6.07) is 1.36. The lowest BCUT2D eigenvalue weighted by Gasteiger charge is -2.20. The van der Waals surface area contributed by atoms with Gasteiger partial charge in [-0.25, -0.2) is 4.98 Å². The van der Waals surface area contributed by atoms with Crippen LogP contribution >= 0.6 is 11.6 Å². The Labute approximate surface area is 116 Å². The molecule has 7 heteroatoms. The summed E-state index contributed by atoms with van der Waals surface area (Å²) in [5, 5.41) is 5.37. The molecule has 1 aromatic heterocycles. The number of nitrogen functional groups attached to an aromatic ring is 1. The Bertz CT molecular complexity index is 497. The number of hydrogen-bond acceptors (Lipinski definition) is 4. The van der Waals surface area contributed by atoms with E-state index in [4.69, 9.17) is 17.3 Å². The molecule has 1 aromatic rings. The van der Waals surface area contributed by atoms with Gasteiger partial charge in [0.1, 0.15) is 5.15 Å². The predicted molar refractivity (Wildman–Crippen MR) is 73.9 cm³/mol. The van der Waals surface area contributed by atoms with Crippen molar-refractivity contribution in [1.29, 1.82) is 0 Å². The lowest BCUT2D eigenvalue weighted by Crippen LogP contribution is -2.45. The normalized spacial score (nSPS) is 10.9. The van der Waals surface area contributed by atoms with Gasteiger partial charge in [0, 0.05) is 5.54 Å². The lowest BCUT2D eigenvalue weighted by molar-refractivity contribution is -0.121. The van der Waals surface area contributed by atoms with Gasteiger partial charge in [0.25, 0.3) is 5.91 Å². The number of carbonyl (C=O) groups is 2. The summed E-state index contributed by atoms with van der Waals surface area (Å²) in [6.45, 7) is 5.43. The van der Waals surface area contributed by atoms with Gasteiger partial charge in [0.2, 0.25) is 5.91 Å². The SMILES string of the molecule is CC(C)(C)NC(=O)CNC(=O)c1cc(Cl)ncc1N. The Morgan fingerprint density at radius 3 is 2.63 bits per heavy atom. The highest BCUT2D eigenvalue weighted by molar-refractivity contribution is 6.29. The molecule has 0 saturated heterocycles. The Morgan fingerprint density at radius 1 is 1.42 bits per heavy atom. The molecule has 1 heterocycles. The minimum Gasteiger partial charge on any atom is -0.397 e. The number of nitrogens with zero attached hydrogens (tertiary/aromatic N) is 1. The van der Waals surface area contributed by atoms with Crippen molar-refractivity contribution in [3.63, 3.8) is 0 Å². The van der Waals surface area contributed by atoms with Crippen molar-refractivity contribution in [2.24, 2.45) is 0 Å². The number of hydrogen-bond donors (Lipinski definition) is 3. The van der Waals surface area contributed by atoms with Gasteiger partial charge in [-0.1, -0.05) is 11.6 Å². The molecule has 0 aromatic carbocycles. The number of pyridine rings is 1. The van der Waals surface area contributed by atoms with Crippen LogP contribution in [0.2, 0.25) is 5.15 Å². The third-order valence-corrected chi connectivity index (χ3v) is 2.28. The number of aromatic nitrogens is 1. The van der Waals surface area contributed by atoms with E-state index < -0.39 is 5.91 Å². The van der Waals surface area contributed by atoms with E-state index in [2.05, 4.69) is 15.6 Å². The van der Waals surface area contributed by atoms with Gasteiger partial charge in [0.05, 0.1) is 24.0 Å². The number of rotatable bonds is 3. The molecule has 4 N–H and O–H groups in total. The van der Waals surface area contributed by atoms with Crippen molar-refractivity contribution >= 4 is 29.1 Å². The second-order valence-corrected chi connectivity index (χ2v) is 5.46. The third kappa shape index (κ3) is 5.13. The van der Waals surface area contributed by atoms with Gasteiger partial charge in [-0.05, 0) is 26.8 Å². The maximum atomic E-state index is 11.8. The molecule has 1 rings (SSSR count). The average molecular weight is 285 g/mol. The predicted octanol–water partition coefficient (Wildman–Crippen LogP) is 0.962. The molecule has 19 heavy (non-hydrogen) atoms. The highest BCUT2D eigenvalue weighted by Crippen LogP contribution is 2.14. The van der Waals surface area contributed by atoms with E-state index >= 15 is 0 Å². The molecule has 2 amide bonds. The molecule has 6 nitrogen and oxygen atoms in total. The standard InChI is InChI=1S/C12H17ClN4O2/c1-12(2,3)17-10(18)6-16-11(19)7-4-9(13)15-5-8(7)14/h4-5H,6,14H2,1-3H3,(H,16,19)(H,17,18). The Hall–Kier alpha value is -1.82. The highest BCUT2D eigenvalue weighted by Gasteiger charge is 2.16. The number of nitrogens with one attached hydrogen (secondary N) is 2. The molecule has 0 bridgehead atoms. The summed E-state index contributed by atoms with van der Waals surface area (Å²) in [7, 11) is 0. The molecule has 0 fully saturated rings. The summed E-state index contributed by atoms with van der Waals surface area (Å²) in [5.41, 5.74) is 5.67. The summed E-state index contributed by atoms with van der Waals surface area (Å²) in [4.78, 5) is 27.1. The molecular weight excluding hydrogens is 268 g/mol. The molecule has 0 aliphatic rings. The van der Waals surface area contributed by atoms with Gasteiger partial charge in [0.15, 0.2) is 0 Å². The van der Waals surface area contributed by atoms with Crippen LogP contribution in [-0.2, 0) is 4.79 Å². The highest BCUT2D eigenvalue weighted by atomic mass is 35.5. The van der Waals surface area contributed by atoms with E-state index in [-0.39, 0.29) is 34.4 Å². The molecule has 0 atom stereocenters. The quantitative estimate of drug-likeness (QED) is 0.720. The van der Waals surface area contributed by atoms with Crippen LogP contribution in [-0.4, -0.2) is 28.9 Å². The molecule has 0 saturated carbocycles. The van der Waals surface area contributed by atoms with Gasteiger partial charge in [-0.2, -0.15) is 0 Å². The Balaban J connectivity index is 2.61. The first-order valence-corrected chi connectivity index (χ1v) is 6.07. The largest absolute Gasteiger partial charge is 0.397 e. The van der Waals surface area contributed by atoms with Gasteiger partial charge in [-0.3, -0.25) is 9.59 Å². The van der Waals surface area contributed by atoms with Crippen molar-refractivity contribution < 1.29 is 9.59 Å². The number of nitrogens with two attached hydrogens (primary N) is 1. The van der Waals surface area contributed by atoms with E-state index in [0.29, 0.717) is 0 Å². The molecule has 0 aliphatic carbocycles.